The molecule has 98 valence electrons. The highest BCUT2D eigenvalue weighted by Crippen LogP contribution is 2.51. The molecule has 4 atom stereocenters. The van der Waals surface area contributed by atoms with E-state index in [4.69, 9.17) is 11.6 Å². The third kappa shape index (κ3) is 2.28. The molecule has 4 unspecified atom stereocenters. The molecule has 1 N–H and O–H groups in total. The largest absolute Gasteiger partial charge is 0.388 e. The first-order valence-corrected chi connectivity index (χ1v) is 7.14. The summed E-state index contributed by atoms with van der Waals surface area (Å²) < 4.78 is 13.7. The molecule has 1 aromatic rings. The van der Waals surface area contributed by atoms with Gasteiger partial charge < -0.3 is 5.11 Å². The van der Waals surface area contributed by atoms with Gasteiger partial charge in [0.15, 0.2) is 0 Å². The van der Waals surface area contributed by atoms with Crippen LogP contribution in [0.15, 0.2) is 18.2 Å². The monoisotopic (exact) mass is 268 g/mol. The fraction of sp³-hybridized carbons (Fsp3) is 0.600. The molecule has 2 aliphatic carbocycles. The highest BCUT2D eigenvalue weighted by atomic mass is 35.5. The molecule has 2 saturated carbocycles. The summed E-state index contributed by atoms with van der Waals surface area (Å²) >= 11 is 5.86. The maximum atomic E-state index is 13.7. The lowest BCUT2D eigenvalue weighted by molar-refractivity contribution is 0.122. The van der Waals surface area contributed by atoms with Crippen LogP contribution in [0.3, 0.4) is 0 Å². The molecule has 0 heterocycles. The standard InChI is InChI=1S/C15H18ClFO/c16-12-3-4-14(17)13(8-12)15(18)7-11-6-9-1-2-10(11)5-9/h3-4,8-11,15,18H,1-2,5-7H2. The van der Waals surface area contributed by atoms with Gasteiger partial charge in [-0.25, -0.2) is 4.39 Å². The van der Waals surface area contributed by atoms with Crippen molar-refractivity contribution < 1.29 is 9.50 Å². The zero-order chi connectivity index (χ0) is 12.7. The highest BCUT2D eigenvalue weighted by Gasteiger charge is 2.40. The van der Waals surface area contributed by atoms with Crippen LogP contribution in [0.5, 0.6) is 0 Å². The van der Waals surface area contributed by atoms with Crippen LogP contribution in [-0.2, 0) is 0 Å². The van der Waals surface area contributed by atoms with Gasteiger partial charge in [0.2, 0.25) is 0 Å². The summed E-state index contributed by atoms with van der Waals surface area (Å²) in [5.41, 5.74) is 0.352. The van der Waals surface area contributed by atoms with Crippen LogP contribution in [-0.4, -0.2) is 5.11 Å². The average molecular weight is 269 g/mol. The Hall–Kier alpha value is -0.600. The van der Waals surface area contributed by atoms with E-state index >= 15 is 0 Å². The molecule has 0 spiro atoms. The molecule has 2 fully saturated rings. The number of halogens is 2. The first-order chi connectivity index (χ1) is 8.63. The van der Waals surface area contributed by atoms with Gasteiger partial charge in [-0.2, -0.15) is 0 Å². The van der Waals surface area contributed by atoms with Crippen molar-refractivity contribution in [1.29, 1.82) is 0 Å². The topological polar surface area (TPSA) is 20.2 Å². The molecule has 3 rings (SSSR count). The van der Waals surface area contributed by atoms with Gasteiger partial charge in [0.05, 0.1) is 6.10 Å². The quantitative estimate of drug-likeness (QED) is 0.865. The summed E-state index contributed by atoms with van der Waals surface area (Å²) in [6.07, 6.45) is 5.13. The molecule has 1 nitrogen and oxygen atoms in total. The second-order valence-corrected chi connectivity index (χ2v) is 6.29. The Balaban J connectivity index is 1.71. The molecule has 0 radical (unpaired) electrons. The Morgan fingerprint density at radius 3 is 2.83 bits per heavy atom. The molecule has 0 aromatic heterocycles. The fourth-order valence-corrected chi connectivity index (χ4v) is 4.03. The normalized spacial score (nSPS) is 31.8. The number of aliphatic hydroxyl groups is 1. The van der Waals surface area contributed by atoms with Crippen LogP contribution in [0.2, 0.25) is 5.02 Å². The molecule has 1 aromatic carbocycles. The molecule has 18 heavy (non-hydrogen) atoms. The maximum absolute atomic E-state index is 13.7. The van der Waals surface area contributed by atoms with Crippen molar-refractivity contribution in [2.24, 2.45) is 17.8 Å². The van der Waals surface area contributed by atoms with Crippen LogP contribution in [0.25, 0.3) is 0 Å². The predicted molar refractivity (Wildman–Crippen MR) is 69.9 cm³/mol. The van der Waals surface area contributed by atoms with E-state index in [1.165, 1.54) is 37.8 Å². The summed E-state index contributed by atoms with van der Waals surface area (Å²) in [5, 5.41) is 10.7. The Morgan fingerprint density at radius 2 is 2.17 bits per heavy atom. The minimum atomic E-state index is -0.715. The molecular weight excluding hydrogens is 251 g/mol. The number of hydrogen-bond donors (Lipinski definition) is 1. The zero-order valence-corrected chi connectivity index (χ0v) is 11.0. The molecule has 0 saturated heterocycles. The first kappa shape index (κ1) is 12.4. The van der Waals surface area contributed by atoms with Gasteiger partial charge >= 0.3 is 0 Å². The van der Waals surface area contributed by atoms with Gasteiger partial charge in [-0.15, -0.1) is 0 Å². The van der Waals surface area contributed by atoms with Crippen molar-refractivity contribution in [1.82, 2.24) is 0 Å². The van der Waals surface area contributed by atoms with E-state index < -0.39 is 6.10 Å². The molecule has 0 amide bonds. The lowest BCUT2D eigenvalue weighted by atomic mass is 9.83. The molecule has 3 heteroatoms. The Bertz CT molecular complexity index is 448. The van der Waals surface area contributed by atoms with Crippen LogP contribution < -0.4 is 0 Å². The molecular formula is C15H18ClFO. The van der Waals surface area contributed by atoms with Crippen molar-refractivity contribution in [2.45, 2.75) is 38.2 Å². The van der Waals surface area contributed by atoms with Crippen molar-refractivity contribution in [3.63, 3.8) is 0 Å². The van der Waals surface area contributed by atoms with E-state index in [2.05, 4.69) is 0 Å². The minimum absolute atomic E-state index is 0.352. The third-order valence-corrected chi connectivity index (χ3v) is 4.96. The fourth-order valence-electron chi connectivity index (χ4n) is 3.85. The number of aliphatic hydroxyl groups excluding tert-OH is 1. The maximum Gasteiger partial charge on any atom is 0.129 e. The van der Waals surface area contributed by atoms with Gasteiger partial charge in [-0.3, -0.25) is 0 Å². The van der Waals surface area contributed by atoms with Gasteiger partial charge in [0.1, 0.15) is 5.82 Å². The molecule has 0 aliphatic heterocycles. The number of benzene rings is 1. The van der Waals surface area contributed by atoms with E-state index in [9.17, 15) is 9.50 Å². The van der Waals surface area contributed by atoms with E-state index in [0.29, 0.717) is 22.9 Å². The predicted octanol–water partition coefficient (Wildman–Crippen LogP) is 4.34. The zero-order valence-electron chi connectivity index (χ0n) is 10.3. The Morgan fingerprint density at radius 1 is 1.33 bits per heavy atom. The molecule has 2 aliphatic rings. The summed E-state index contributed by atoms with van der Waals surface area (Å²) in [5.74, 6) is 1.83. The SMILES string of the molecule is OC(CC1CC2CCC1C2)c1cc(Cl)ccc1F. The van der Waals surface area contributed by atoms with E-state index in [1.807, 2.05) is 0 Å². The second kappa shape index (κ2) is 4.82. The first-order valence-electron chi connectivity index (χ1n) is 6.76. The summed E-state index contributed by atoms with van der Waals surface area (Å²) in [6, 6.07) is 4.40. The lowest BCUT2D eigenvalue weighted by Gasteiger charge is -2.24. The molecule has 2 bridgehead atoms. The van der Waals surface area contributed by atoms with Crippen LogP contribution in [0, 0.1) is 23.6 Å². The highest BCUT2D eigenvalue weighted by molar-refractivity contribution is 6.30. The van der Waals surface area contributed by atoms with Crippen molar-refractivity contribution >= 4 is 11.6 Å². The van der Waals surface area contributed by atoms with Gasteiger partial charge in [0, 0.05) is 10.6 Å². The smallest absolute Gasteiger partial charge is 0.129 e. The van der Waals surface area contributed by atoms with Crippen LogP contribution >= 0.6 is 11.6 Å². The van der Waals surface area contributed by atoms with E-state index in [1.54, 1.807) is 6.07 Å². The van der Waals surface area contributed by atoms with Crippen molar-refractivity contribution in [3.8, 4) is 0 Å². The van der Waals surface area contributed by atoms with Crippen molar-refractivity contribution in [3.05, 3.63) is 34.6 Å². The van der Waals surface area contributed by atoms with Crippen LogP contribution in [0.4, 0.5) is 4.39 Å². The van der Waals surface area contributed by atoms with Crippen molar-refractivity contribution in [2.75, 3.05) is 0 Å². The summed E-state index contributed by atoms with van der Waals surface area (Å²) in [7, 11) is 0. The number of hydrogen-bond acceptors (Lipinski definition) is 1. The lowest BCUT2D eigenvalue weighted by Crippen LogP contribution is -2.15. The van der Waals surface area contributed by atoms with Gasteiger partial charge in [-0.05, 0) is 61.6 Å². The van der Waals surface area contributed by atoms with Crippen LogP contribution in [0.1, 0.15) is 43.8 Å². The summed E-state index contributed by atoms with van der Waals surface area (Å²) in [4.78, 5) is 0. The third-order valence-electron chi connectivity index (χ3n) is 4.73. The number of fused-ring (bicyclic) bond motifs is 2. The second-order valence-electron chi connectivity index (χ2n) is 5.85. The summed E-state index contributed by atoms with van der Waals surface area (Å²) in [6.45, 7) is 0. The number of rotatable bonds is 3. The minimum Gasteiger partial charge on any atom is -0.388 e. The van der Waals surface area contributed by atoms with Gasteiger partial charge in [0.25, 0.3) is 0 Å². The Labute approximate surface area is 112 Å². The van der Waals surface area contributed by atoms with E-state index in [-0.39, 0.29) is 5.82 Å². The van der Waals surface area contributed by atoms with E-state index in [0.717, 1.165) is 11.8 Å². The average Bonchev–Trinajstić information content (AvgIpc) is 2.94. The van der Waals surface area contributed by atoms with Gasteiger partial charge in [-0.1, -0.05) is 18.0 Å². The Kier molecular flexibility index (Phi) is 3.33.